The van der Waals surface area contributed by atoms with Gasteiger partial charge in [-0.3, -0.25) is 0 Å². The average molecular weight is 263 g/mol. The third-order valence-corrected chi connectivity index (χ3v) is 2.93. The van der Waals surface area contributed by atoms with E-state index in [1.165, 1.54) is 5.70 Å². The van der Waals surface area contributed by atoms with Crippen LogP contribution in [0.4, 0.5) is 0 Å². The molecule has 1 heterocycles. The van der Waals surface area contributed by atoms with Crippen molar-refractivity contribution in [2.24, 2.45) is 0 Å². The second-order valence-corrected chi connectivity index (χ2v) is 4.16. The van der Waals surface area contributed by atoms with Gasteiger partial charge < -0.3 is 10.1 Å². The Morgan fingerprint density at radius 1 is 1.64 bits per heavy atom. The lowest BCUT2D eigenvalue weighted by atomic mass is 10.1. The van der Waals surface area contributed by atoms with Gasteiger partial charge in [-0.1, -0.05) is 28.7 Å². The molecule has 0 aromatic carbocycles. The van der Waals surface area contributed by atoms with Crippen molar-refractivity contribution in [3.05, 3.63) is 23.6 Å². The van der Waals surface area contributed by atoms with Crippen LogP contribution in [0.5, 0.6) is 0 Å². The highest BCUT2D eigenvalue weighted by molar-refractivity contribution is 14.1. The zero-order valence-electron chi connectivity index (χ0n) is 6.14. The Labute approximate surface area is 79.8 Å². The molecule has 1 N–H and O–H groups in total. The van der Waals surface area contributed by atoms with Crippen LogP contribution in [-0.4, -0.2) is 17.1 Å². The zero-order valence-corrected chi connectivity index (χ0v) is 8.30. The summed E-state index contributed by atoms with van der Waals surface area (Å²) in [6.45, 7) is 1.75. The molecule has 1 aliphatic heterocycles. The van der Waals surface area contributed by atoms with Crippen molar-refractivity contribution < 1.29 is 4.74 Å². The van der Waals surface area contributed by atoms with Gasteiger partial charge in [-0.15, -0.1) is 0 Å². The van der Waals surface area contributed by atoms with Crippen LogP contribution in [-0.2, 0) is 4.74 Å². The number of rotatable bonds is 0. The summed E-state index contributed by atoms with van der Waals surface area (Å²) < 4.78 is 6.08. The van der Waals surface area contributed by atoms with Crippen molar-refractivity contribution in [3.63, 3.8) is 0 Å². The second kappa shape index (κ2) is 3.05. The van der Waals surface area contributed by atoms with Crippen molar-refractivity contribution in [1.29, 1.82) is 0 Å². The molecule has 0 radical (unpaired) electrons. The Balaban J connectivity index is 2.27. The van der Waals surface area contributed by atoms with Crippen LogP contribution in [0.15, 0.2) is 23.6 Å². The summed E-state index contributed by atoms with van der Waals surface area (Å²) in [4.78, 5) is 0. The molecule has 2 rings (SSSR count). The Hall–Kier alpha value is -0.190. The maximum atomic E-state index is 5.55. The topological polar surface area (TPSA) is 21.3 Å². The molecule has 0 amide bonds. The summed E-state index contributed by atoms with van der Waals surface area (Å²) in [7, 11) is 0. The molecular formula is C8H10INO. The standard InChI is InChI=1S/C8H10INO/c9-6-2-1-3-7-8(6)11-5-4-10-7/h1,3,6,10H,2,4-5H2. The molecule has 3 heteroatoms. The first-order valence-corrected chi connectivity index (χ1v) is 5.04. The molecule has 0 saturated heterocycles. The van der Waals surface area contributed by atoms with E-state index in [9.17, 15) is 0 Å². The summed E-state index contributed by atoms with van der Waals surface area (Å²) >= 11 is 2.42. The lowest BCUT2D eigenvalue weighted by molar-refractivity contribution is 0.187. The predicted octanol–water partition coefficient (Wildman–Crippen LogP) is 1.58. The number of hydrogen-bond donors (Lipinski definition) is 1. The quantitative estimate of drug-likeness (QED) is 0.529. The van der Waals surface area contributed by atoms with E-state index in [0.717, 1.165) is 25.3 Å². The Morgan fingerprint density at radius 2 is 2.55 bits per heavy atom. The third kappa shape index (κ3) is 1.38. The minimum absolute atomic E-state index is 0.528. The summed E-state index contributed by atoms with van der Waals surface area (Å²) in [5.74, 6) is 1.14. The molecule has 1 aliphatic carbocycles. The first kappa shape index (κ1) is 7.46. The third-order valence-electron chi connectivity index (χ3n) is 1.85. The lowest BCUT2D eigenvalue weighted by Gasteiger charge is -2.26. The minimum Gasteiger partial charge on any atom is -0.493 e. The molecule has 0 fully saturated rings. The maximum Gasteiger partial charge on any atom is 0.132 e. The summed E-state index contributed by atoms with van der Waals surface area (Å²) in [6, 6.07) is 0. The van der Waals surface area contributed by atoms with Crippen LogP contribution < -0.4 is 5.32 Å². The van der Waals surface area contributed by atoms with Crippen LogP contribution >= 0.6 is 22.6 Å². The Bertz CT molecular complexity index is 222. The number of allylic oxidation sites excluding steroid dienone is 3. The van der Waals surface area contributed by atoms with E-state index < -0.39 is 0 Å². The van der Waals surface area contributed by atoms with Gasteiger partial charge in [0.15, 0.2) is 0 Å². The predicted molar refractivity (Wildman–Crippen MR) is 52.5 cm³/mol. The number of halogens is 1. The van der Waals surface area contributed by atoms with Crippen molar-refractivity contribution in [2.75, 3.05) is 13.2 Å². The molecule has 0 aromatic rings. The fourth-order valence-electron chi connectivity index (χ4n) is 1.32. The zero-order chi connectivity index (χ0) is 7.68. The lowest BCUT2D eigenvalue weighted by Crippen LogP contribution is -2.30. The van der Waals surface area contributed by atoms with Gasteiger partial charge in [0.25, 0.3) is 0 Å². The van der Waals surface area contributed by atoms with Crippen molar-refractivity contribution in [2.45, 2.75) is 10.3 Å². The smallest absolute Gasteiger partial charge is 0.132 e. The van der Waals surface area contributed by atoms with Gasteiger partial charge in [0, 0.05) is 6.54 Å². The van der Waals surface area contributed by atoms with E-state index in [-0.39, 0.29) is 0 Å². The molecule has 60 valence electrons. The molecule has 0 spiro atoms. The molecule has 0 saturated carbocycles. The van der Waals surface area contributed by atoms with Crippen molar-refractivity contribution in [1.82, 2.24) is 5.32 Å². The van der Waals surface area contributed by atoms with Crippen LogP contribution in [0.2, 0.25) is 0 Å². The fraction of sp³-hybridized carbons (Fsp3) is 0.500. The van der Waals surface area contributed by atoms with Crippen molar-refractivity contribution >= 4 is 22.6 Å². The first-order valence-electron chi connectivity index (χ1n) is 3.79. The highest BCUT2D eigenvalue weighted by atomic mass is 127. The number of alkyl halides is 1. The van der Waals surface area contributed by atoms with Gasteiger partial charge in [0.05, 0.1) is 9.62 Å². The highest BCUT2D eigenvalue weighted by Gasteiger charge is 2.21. The van der Waals surface area contributed by atoms with E-state index in [2.05, 4.69) is 40.1 Å². The average Bonchev–Trinajstić information content (AvgIpc) is 2.06. The van der Waals surface area contributed by atoms with Gasteiger partial charge >= 0.3 is 0 Å². The number of nitrogens with one attached hydrogen (secondary N) is 1. The van der Waals surface area contributed by atoms with Gasteiger partial charge in [0.2, 0.25) is 0 Å². The largest absolute Gasteiger partial charge is 0.493 e. The van der Waals surface area contributed by atoms with Gasteiger partial charge in [-0.25, -0.2) is 0 Å². The molecule has 0 aromatic heterocycles. The summed E-state index contributed by atoms with van der Waals surface area (Å²) in [6.07, 6.45) is 5.41. The van der Waals surface area contributed by atoms with Crippen LogP contribution in [0.1, 0.15) is 6.42 Å². The molecule has 2 aliphatic rings. The van der Waals surface area contributed by atoms with E-state index >= 15 is 0 Å². The van der Waals surface area contributed by atoms with Gasteiger partial charge in [0.1, 0.15) is 12.4 Å². The highest BCUT2D eigenvalue weighted by Crippen LogP contribution is 2.26. The Morgan fingerprint density at radius 3 is 3.36 bits per heavy atom. The van der Waals surface area contributed by atoms with Crippen molar-refractivity contribution in [3.8, 4) is 0 Å². The SMILES string of the molecule is IC1CC=CC2=C1OCCN2. The first-order chi connectivity index (χ1) is 5.38. The molecule has 2 nitrogen and oxygen atoms in total. The summed E-state index contributed by atoms with van der Waals surface area (Å²) in [5, 5.41) is 3.31. The molecule has 1 atom stereocenters. The van der Waals surface area contributed by atoms with Crippen LogP contribution in [0.3, 0.4) is 0 Å². The Kier molecular flexibility index (Phi) is 2.07. The van der Waals surface area contributed by atoms with E-state index in [1.807, 2.05) is 0 Å². The minimum atomic E-state index is 0.528. The molecular weight excluding hydrogens is 253 g/mol. The van der Waals surface area contributed by atoms with E-state index in [4.69, 9.17) is 4.74 Å². The van der Waals surface area contributed by atoms with Crippen LogP contribution in [0, 0.1) is 0 Å². The number of ether oxygens (including phenoxy) is 1. The van der Waals surface area contributed by atoms with E-state index in [0.29, 0.717) is 3.92 Å². The molecule has 0 bridgehead atoms. The molecule has 11 heavy (non-hydrogen) atoms. The fourth-order valence-corrected chi connectivity index (χ4v) is 2.13. The summed E-state index contributed by atoms with van der Waals surface area (Å²) in [5.41, 5.74) is 1.18. The van der Waals surface area contributed by atoms with Crippen LogP contribution in [0.25, 0.3) is 0 Å². The molecule has 1 unspecified atom stereocenters. The second-order valence-electron chi connectivity index (χ2n) is 2.66. The monoisotopic (exact) mass is 263 g/mol. The van der Waals surface area contributed by atoms with E-state index in [1.54, 1.807) is 0 Å². The number of hydrogen-bond acceptors (Lipinski definition) is 2. The van der Waals surface area contributed by atoms with Gasteiger partial charge in [-0.2, -0.15) is 0 Å². The normalized spacial score (nSPS) is 29.0. The maximum absolute atomic E-state index is 5.55. The van der Waals surface area contributed by atoms with Gasteiger partial charge in [-0.05, 0) is 12.5 Å².